The van der Waals surface area contributed by atoms with Gasteiger partial charge in [0, 0.05) is 12.3 Å². The number of aromatic amines is 2. The highest BCUT2D eigenvalue weighted by molar-refractivity contribution is 7.47. The number of anilines is 1. The van der Waals surface area contributed by atoms with Crippen molar-refractivity contribution in [1.29, 1.82) is 0 Å². The van der Waals surface area contributed by atoms with E-state index in [1.807, 2.05) is 4.98 Å². The number of fused-ring (bicyclic) bond motifs is 5. The molecule has 0 aromatic carbocycles. The largest absolute Gasteiger partial charge is 0.472 e. The summed E-state index contributed by atoms with van der Waals surface area (Å²) in [5.41, 5.74) is 2.74. The second kappa shape index (κ2) is 10.8. The molecule has 6 rings (SSSR count). The number of phosphoric ester groups is 2. The Bertz CT molecular complexity index is 1820. The van der Waals surface area contributed by atoms with Crippen LogP contribution in [0.2, 0.25) is 0 Å². The molecule has 0 spiro atoms. The average molecular weight is 651 g/mol. The van der Waals surface area contributed by atoms with E-state index in [4.69, 9.17) is 33.3 Å². The fourth-order valence-corrected chi connectivity index (χ4v) is 6.71. The summed E-state index contributed by atoms with van der Waals surface area (Å²) in [4.78, 5) is 69.2. The molecule has 43 heavy (non-hydrogen) atoms. The van der Waals surface area contributed by atoms with Crippen LogP contribution in [0.15, 0.2) is 33.0 Å². The van der Waals surface area contributed by atoms with Crippen molar-refractivity contribution in [3.63, 3.8) is 0 Å². The summed E-state index contributed by atoms with van der Waals surface area (Å²) < 4.78 is 59.5. The maximum Gasteiger partial charge on any atom is 0.472 e. The lowest BCUT2D eigenvalue weighted by molar-refractivity contribution is -0.0695. The molecule has 3 aromatic rings. The number of aliphatic hydroxyl groups is 2. The number of H-pyrrole nitrogens is 2. The van der Waals surface area contributed by atoms with Crippen LogP contribution in [0.1, 0.15) is 12.5 Å². The highest BCUT2D eigenvalue weighted by Gasteiger charge is 2.53. The standard InChI is InChI=1S/C19H23N7O15P2/c20-18-23-14-9(15(30)24-18)21-5-26(14)17-13-11(29)7(39-17)4-37-42(32,33)40-12-10(28)6(3-36-43(34,35)41-13)38-16(12)25-2-1-8(27)22-19(25)31/h1-2,5-7,10-13,16-17,28-29H,3-4H2,(H,32,33)(H,34,35)(H,22,27,31)(H3,20,23,24,30)/t6-,7-,10-,11-,12-,13-,16-,17-/m1/s1. The third-order valence-electron chi connectivity index (χ3n) is 6.79. The molecular weight excluding hydrogens is 628 g/mol. The Kier molecular flexibility index (Phi) is 7.52. The fraction of sp³-hybridized carbons (Fsp3) is 0.526. The van der Waals surface area contributed by atoms with Crippen molar-refractivity contribution >= 4 is 32.8 Å². The predicted octanol–water partition coefficient (Wildman–Crippen LogP) is -3.21. The minimum Gasteiger partial charge on any atom is -0.387 e. The average Bonchev–Trinajstić information content (AvgIpc) is 3.56. The topological polar surface area (TPSA) is 315 Å². The molecule has 234 valence electrons. The summed E-state index contributed by atoms with van der Waals surface area (Å²) in [5, 5.41) is 21.8. The third-order valence-corrected chi connectivity index (χ3v) is 8.76. The van der Waals surface area contributed by atoms with Crippen molar-refractivity contribution in [3.8, 4) is 0 Å². The Labute approximate surface area is 236 Å². The fourth-order valence-electron chi connectivity index (χ4n) is 4.85. The van der Waals surface area contributed by atoms with E-state index in [-0.39, 0.29) is 17.1 Å². The van der Waals surface area contributed by atoms with Crippen molar-refractivity contribution in [1.82, 2.24) is 29.1 Å². The molecule has 4 bridgehead atoms. The van der Waals surface area contributed by atoms with E-state index in [0.717, 1.165) is 27.7 Å². The van der Waals surface area contributed by atoms with Gasteiger partial charge in [-0.25, -0.2) is 18.9 Å². The van der Waals surface area contributed by atoms with Crippen LogP contribution < -0.4 is 22.5 Å². The molecule has 0 aliphatic carbocycles. The van der Waals surface area contributed by atoms with Gasteiger partial charge in [-0.05, 0) is 0 Å². The second-order valence-corrected chi connectivity index (χ2v) is 12.4. The molecule has 8 N–H and O–H groups in total. The first kappa shape index (κ1) is 29.9. The quantitative estimate of drug-likeness (QED) is 0.134. The zero-order chi connectivity index (χ0) is 30.8. The molecule has 3 saturated heterocycles. The normalized spacial score (nSPS) is 38.7. The van der Waals surface area contributed by atoms with Gasteiger partial charge in [0.25, 0.3) is 11.1 Å². The van der Waals surface area contributed by atoms with Crippen molar-refractivity contribution in [3.05, 3.63) is 49.8 Å². The molecule has 3 aromatic heterocycles. The lowest BCUT2D eigenvalue weighted by Gasteiger charge is -2.26. The Morgan fingerprint density at radius 2 is 1.47 bits per heavy atom. The highest BCUT2D eigenvalue weighted by atomic mass is 31.2. The molecule has 3 aliphatic rings. The van der Waals surface area contributed by atoms with Gasteiger partial charge < -0.3 is 35.2 Å². The van der Waals surface area contributed by atoms with Crippen LogP contribution in [0.3, 0.4) is 0 Å². The van der Waals surface area contributed by atoms with Crippen LogP contribution in [-0.4, -0.2) is 98.9 Å². The first-order valence-electron chi connectivity index (χ1n) is 12.3. The Hall–Kier alpha value is -3.11. The maximum absolute atomic E-state index is 13.0. The van der Waals surface area contributed by atoms with E-state index in [0.29, 0.717) is 0 Å². The smallest absolute Gasteiger partial charge is 0.387 e. The molecular formula is C19H23N7O15P2. The van der Waals surface area contributed by atoms with Gasteiger partial charge in [-0.2, -0.15) is 4.98 Å². The lowest BCUT2D eigenvalue weighted by atomic mass is 10.1. The number of nitrogen functional groups attached to an aromatic ring is 1. The van der Waals surface area contributed by atoms with Gasteiger partial charge in [0.05, 0.1) is 19.5 Å². The van der Waals surface area contributed by atoms with Crippen molar-refractivity contribution < 1.29 is 56.7 Å². The molecule has 6 heterocycles. The molecule has 2 unspecified atom stereocenters. The van der Waals surface area contributed by atoms with Crippen LogP contribution >= 0.6 is 15.6 Å². The molecule has 3 aliphatic heterocycles. The van der Waals surface area contributed by atoms with E-state index in [9.17, 15) is 43.5 Å². The molecule has 0 amide bonds. The van der Waals surface area contributed by atoms with Gasteiger partial charge in [-0.1, -0.05) is 0 Å². The zero-order valence-electron chi connectivity index (χ0n) is 21.3. The van der Waals surface area contributed by atoms with Gasteiger partial charge in [-0.15, -0.1) is 0 Å². The molecule has 10 atom stereocenters. The number of phosphoric acid groups is 2. The number of hydrogen-bond donors (Lipinski definition) is 7. The van der Waals surface area contributed by atoms with E-state index >= 15 is 0 Å². The van der Waals surface area contributed by atoms with Gasteiger partial charge in [0.15, 0.2) is 23.6 Å². The number of aromatic nitrogens is 6. The summed E-state index contributed by atoms with van der Waals surface area (Å²) in [6.07, 6.45) is -11.5. The summed E-state index contributed by atoms with van der Waals surface area (Å²) in [6, 6.07) is 0.931. The lowest BCUT2D eigenvalue weighted by Crippen LogP contribution is -2.39. The maximum atomic E-state index is 13.0. The van der Waals surface area contributed by atoms with Crippen LogP contribution in [0.25, 0.3) is 11.2 Å². The summed E-state index contributed by atoms with van der Waals surface area (Å²) >= 11 is 0. The third kappa shape index (κ3) is 5.64. The number of nitrogens with one attached hydrogen (secondary N) is 2. The first-order valence-corrected chi connectivity index (χ1v) is 15.2. The molecule has 0 radical (unpaired) electrons. The van der Waals surface area contributed by atoms with E-state index in [1.54, 1.807) is 0 Å². The van der Waals surface area contributed by atoms with E-state index < -0.39 is 94.7 Å². The number of imidazole rings is 1. The SMILES string of the molecule is Nc1nc2c(ncn2[C@@H]2O[C@@H]3COP(=O)(O)O[C@@H]4[C@H](O)[C@@H](COP(=O)(O)O[C@@H]2[C@@H]3O)O[C@H]4n2ccc(=O)[nH]c2=O)c(=O)[nH]1. The summed E-state index contributed by atoms with van der Waals surface area (Å²) in [7, 11) is -10.3. The number of rotatable bonds is 2. The second-order valence-electron chi connectivity index (χ2n) is 9.57. The summed E-state index contributed by atoms with van der Waals surface area (Å²) in [6.45, 7) is -1.79. The van der Waals surface area contributed by atoms with Crippen LogP contribution in [0.4, 0.5) is 5.95 Å². The molecule has 22 nitrogen and oxygen atoms in total. The van der Waals surface area contributed by atoms with E-state index in [1.165, 1.54) is 0 Å². The van der Waals surface area contributed by atoms with Crippen LogP contribution in [0.5, 0.6) is 0 Å². The molecule has 24 heteroatoms. The Morgan fingerprint density at radius 3 is 2.02 bits per heavy atom. The number of nitrogens with two attached hydrogens (primary N) is 1. The van der Waals surface area contributed by atoms with Gasteiger partial charge >= 0.3 is 21.3 Å². The first-order chi connectivity index (χ1) is 20.2. The van der Waals surface area contributed by atoms with Gasteiger partial charge in [-0.3, -0.25) is 46.8 Å². The highest BCUT2D eigenvalue weighted by Crippen LogP contribution is 2.53. The Balaban J connectivity index is 1.35. The van der Waals surface area contributed by atoms with Gasteiger partial charge in [0.2, 0.25) is 5.95 Å². The monoisotopic (exact) mass is 651 g/mol. The van der Waals surface area contributed by atoms with Crippen molar-refractivity contribution in [2.75, 3.05) is 18.9 Å². The number of ether oxygens (including phenoxy) is 2. The van der Waals surface area contributed by atoms with Crippen LogP contribution in [-0.2, 0) is 36.7 Å². The predicted molar refractivity (Wildman–Crippen MR) is 135 cm³/mol. The van der Waals surface area contributed by atoms with Crippen molar-refractivity contribution in [2.24, 2.45) is 0 Å². The zero-order valence-corrected chi connectivity index (χ0v) is 23.1. The van der Waals surface area contributed by atoms with Crippen molar-refractivity contribution in [2.45, 2.75) is 49.1 Å². The number of hydrogen-bond acceptors (Lipinski definition) is 16. The molecule has 0 saturated carbocycles. The molecule has 3 fully saturated rings. The van der Waals surface area contributed by atoms with Crippen LogP contribution in [0, 0.1) is 0 Å². The Morgan fingerprint density at radius 1 is 0.907 bits per heavy atom. The summed E-state index contributed by atoms with van der Waals surface area (Å²) in [5.74, 6) is -0.306. The minimum atomic E-state index is -5.14. The number of nitrogens with zero attached hydrogens (tertiary/aromatic N) is 4. The van der Waals surface area contributed by atoms with E-state index in [2.05, 4.69) is 15.0 Å². The number of aliphatic hydroxyl groups excluding tert-OH is 2. The minimum absolute atomic E-state index is 0.159. The van der Waals surface area contributed by atoms with Gasteiger partial charge in [0.1, 0.15) is 36.6 Å².